The van der Waals surface area contributed by atoms with Gasteiger partial charge in [-0.05, 0) is 88.8 Å². The lowest BCUT2D eigenvalue weighted by molar-refractivity contribution is -0.130. The number of aryl methyl sites for hydroxylation is 2. The molecule has 5 nitrogen and oxygen atoms in total. The molecule has 0 unspecified atom stereocenters. The number of hydrogen-bond acceptors (Lipinski definition) is 3. The molecule has 2 amide bonds. The van der Waals surface area contributed by atoms with Crippen molar-refractivity contribution in [3.8, 4) is 5.75 Å². The van der Waals surface area contributed by atoms with Gasteiger partial charge in [-0.15, -0.1) is 0 Å². The molecule has 0 saturated carbocycles. The highest BCUT2D eigenvalue weighted by Gasteiger charge is 2.26. The van der Waals surface area contributed by atoms with Gasteiger partial charge in [0.2, 0.25) is 11.8 Å². The zero-order valence-corrected chi connectivity index (χ0v) is 28.1. The number of nitrogens with one attached hydrogen (secondary N) is 2. The van der Waals surface area contributed by atoms with Crippen LogP contribution < -0.4 is 15.4 Å². The maximum atomic E-state index is 12.6. The fourth-order valence-corrected chi connectivity index (χ4v) is 4.23. The first kappa shape index (κ1) is 38.4. The lowest BCUT2D eigenvalue weighted by Crippen LogP contribution is -2.41. The predicted octanol–water partition coefficient (Wildman–Crippen LogP) is 9.20. The number of ether oxygens (including phenoxy) is 1. The van der Waals surface area contributed by atoms with E-state index in [0.717, 1.165) is 62.7 Å². The van der Waals surface area contributed by atoms with Gasteiger partial charge >= 0.3 is 0 Å². The number of allylic oxidation sites excluding steroid dienone is 12. The van der Waals surface area contributed by atoms with Gasteiger partial charge in [0.25, 0.3) is 0 Å². The maximum absolute atomic E-state index is 12.6. The quantitative estimate of drug-likeness (QED) is 0.0969. The van der Waals surface area contributed by atoms with Crippen molar-refractivity contribution in [3.63, 3.8) is 0 Å². The van der Waals surface area contributed by atoms with Gasteiger partial charge in [0.15, 0.2) is 0 Å². The molecule has 1 aromatic carbocycles. The first-order chi connectivity index (χ1) is 21.3. The van der Waals surface area contributed by atoms with E-state index < -0.39 is 5.41 Å². The average Bonchev–Trinajstić information content (AvgIpc) is 3.00. The van der Waals surface area contributed by atoms with Gasteiger partial charge in [-0.25, -0.2) is 0 Å². The van der Waals surface area contributed by atoms with Gasteiger partial charge in [0.05, 0.1) is 6.61 Å². The molecular weight excluding hydrogens is 544 g/mol. The van der Waals surface area contributed by atoms with Gasteiger partial charge in [-0.3, -0.25) is 9.59 Å². The highest BCUT2D eigenvalue weighted by molar-refractivity contribution is 5.81. The number of hydrogen-bond donors (Lipinski definition) is 2. The zero-order chi connectivity index (χ0) is 32.3. The van der Waals surface area contributed by atoms with Crippen molar-refractivity contribution >= 4 is 11.8 Å². The van der Waals surface area contributed by atoms with E-state index in [1.165, 1.54) is 5.56 Å². The van der Waals surface area contributed by atoms with E-state index in [9.17, 15) is 9.59 Å². The molecule has 0 aliphatic rings. The van der Waals surface area contributed by atoms with Crippen LogP contribution in [-0.4, -0.2) is 31.5 Å². The van der Waals surface area contributed by atoms with Crippen molar-refractivity contribution in [3.05, 3.63) is 102 Å². The summed E-state index contributed by atoms with van der Waals surface area (Å²) in [5.41, 5.74) is 1.79. The van der Waals surface area contributed by atoms with Crippen LogP contribution in [0.4, 0.5) is 0 Å². The minimum atomic E-state index is -0.495. The van der Waals surface area contributed by atoms with E-state index in [4.69, 9.17) is 4.74 Å². The van der Waals surface area contributed by atoms with Gasteiger partial charge in [-0.1, -0.05) is 106 Å². The second kappa shape index (κ2) is 24.8. The van der Waals surface area contributed by atoms with Crippen LogP contribution in [0.1, 0.15) is 96.1 Å². The maximum Gasteiger partial charge on any atom is 0.225 e. The topological polar surface area (TPSA) is 67.4 Å². The zero-order valence-electron chi connectivity index (χ0n) is 28.1. The molecule has 0 aliphatic carbocycles. The summed E-state index contributed by atoms with van der Waals surface area (Å²) < 4.78 is 5.92. The number of benzene rings is 1. The molecule has 0 radical (unpaired) electrons. The third-order valence-electron chi connectivity index (χ3n) is 7.03. The van der Waals surface area contributed by atoms with E-state index in [1.54, 1.807) is 0 Å². The molecule has 0 bridgehead atoms. The van der Waals surface area contributed by atoms with E-state index >= 15 is 0 Å². The molecule has 0 aliphatic heterocycles. The molecule has 2 N–H and O–H groups in total. The van der Waals surface area contributed by atoms with Crippen molar-refractivity contribution < 1.29 is 14.3 Å². The summed E-state index contributed by atoms with van der Waals surface area (Å²) in [5.74, 6) is 0.905. The molecule has 5 heteroatoms. The summed E-state index contributed by atoms with van der Waals surface area (Å²) in [6.07, 6.45) is 34.6. The molecule has 0 aromatic heterocycles. The van der Waals surface area contributed by atoms with Crippen molar-refractivity contribution in [1.29, 1.82) is 0 Å². The summed E-state index contributed by atoms with van der Waals surface area (Å²) in [5, 5.41) is 5.84. The minimum Gasteiger partial charge on any atom is -0.493 e. The molecule has 0 spiro atoms. The van der Waals surface area contributed by atoms with E-state index in [2.05, 4.69) is 103 Å². The summed E-state index contributed by atoms with van der Waals surface area (Å²) in [7, 11) is 0. The van der Waals surface area contributed by atoms with Crippen molar-refractivity contribution in [2.24, 2.45) is 5.41 Å². The van der Waals surface area contributed by atoms with Crippen molar-refractivity contribution in [2.45, 2.75) is 98.8 Å². The highest BCUT2D eigenvalue weighted by atomic mass is 16.5. The fraction of sp³-hybridized carbons (Fsp3) is 0.487. The SMILES string of the molecule is CCC=CCC=CCC=CCC=CCC=CCC=CCCC(=O)NCCNC(=O)C(C)(C)CCCOc1cc(C)ccc1C. The lowest BCUT2D eigenvalue weighted by atomic mass is 9.87. The van der Waals surface area contributed by atoms with Crippen LogP contribution in [0.3, 0.4) is 0 Å². The van der Waals surface area contributed by atoms with Crippen molar-refractivity contribution in [2.75, 3.05) is 19.7 Å². The van der Waals surface area contributed by atoms with Crippen LogP contribution in [-0.2, 0) is 9.59 Å². The van der Waals surface area contributed by atoms with Crippen LogP contribution in [0, 0.1) is 19.3 Å². The van der Waals surface area contributed by atoms with E-state index in [0.29, 0.717) is 32.5 Å². The number of amides is 2. The second-order valence-corrected chi connectivity index (χ2v) is 11.7. The number of rotatable bonds is 23. The van der Waals surface area contributed by atoms with Crippen molar-refractivity contribution in [1.82, 2.24) is 10.6 Å². The third-order valence-corrected chi connectivity index (χ3v) is 7.03. The number of carbonyl (C=O) groups is 2. The third kappa shape index (κ3) is 20.3. The first-order valence-corrected chi connectivity index (χ1v) is 16.4. The van der Waals surface area contributed by atoms with Crippen LogP contribution >= 0.6 is 0 Å². The highest BCUT2D eigenvalue weighted by Crippen LogP contribution is 2.24. The van der Waals surface area contributed by atoms with Gasteiger partial charge in [0, 0.05) is 24.9 Å². The standard InChI is InChI=1S/C39H58N2O3/c1-6-7-8-9-10-11-12-13-14-15-16-17-18-19-20-21-22-23-24-26-37(42)40-30-31-41-38(43)39(4,5)29-25-32-44-36-33-34(2)27-28-35(36)3/h7-8,10-11,13-14,16-17,19-20,22-23,27-28,33H,6,9,12,15,18,21,24-26,29-32H2,1-5H3,(H,40,42)(H,41,43). The summed E-state index contributed by atoms with van der Waals surface area (Å²) in [6, 6.07) is 6.18. The molecule has 1 rings (SSSR count). The Kier molecular flexibility index (Phi) is 21.7. The molecule has 0 saturated heterocycles. The van der Waals surface area contributed by atoms with Crippen LogP contribution in [0.25, 0.3) is 0 Å². The summed E-state index contributed by atoms with van der Waals surface area (Å²) in [4.78, 5) is 24.7. The molecule has 44 heavy (non-hydrogen) atoms. The molecule has 1 aromatic rings. The smallest absolute Gasteiger partial charge is 0.225 e. The lowest BCUT2D eigenvalue weighted by Gasteiger charge is -2.23. The van der Waals surface area contributed by atoms with Crippen LogP contribution in [0.5, 0.6) is 5.75 Å². The minimum absolute atomic E-state index is 0.00151. The molecule has 0 heterocycles. The monoisotopic (exact) mass is 602 g/mol. The van der Waals surface area contributed by atoms with Gasteiger partial charge in [-0.2, -0.15) is 0 Å². The summed E-state index contributed by atoms with van der Waals surface area (Å²) >= 11 is 0. The summed E-state index contributed by atoms with van der Waals surface area (Å²) in [6.45, 7) is 11.6. The fourth-order valence-electron chi connectivity index (χ4n) is 4.23. The van der Waals surface area contributed by atoms with E-state index in [1.807, 2.05) is 32.9 Å². The Balaban J connectivity index is 2.05. The average molecular weight is 603 g/mol. The molecular formula is C39H58N2O3. The Morgan fingerprint density at radius 2 is 1.27 bits per heavy atom. The predicted molar refractivity (Wildman–Crippen MR) is 188 cm³/mol. The second-order valence-electron chi connectivity index (χ2n) is 11.7. The number of carbonyl (C=O) groups excluding carboxylic acids is 2. The van der Waals surface area contributed by atoms with E-state index in [-0.39, 0.29) is 11.8 Å². The first-order valence-electron chi connectivity index (χ1n) is 16.4. The molecule has 0 fully saturated rings. The Morgan fingerprint density at radius 1 is 0.750 bits per heavy atom. The van der Waals surface area contributed by atoms with Gasteiger partial charge in [0.1, 0.15) is 5.75 Å². The Morgan fingerprint density at radius 3 is 1.84 bits per heavy atom. The Bertz CT molecular complexity index is 1120. The largest absolute Gasteiger partial charge is 0.493 e. The molecule has 242 valence electrons. The van der Waals surface area contributed by atoms with Crippen LogP contribution in [0.2, 0.25) is 0 Å². The van der Waals surface area contributed by atoms with Gasteiger partial charge < -0.3 is 15.4 Å². The Hall–Kier alpha value is -3.60. The Labute approximate surface area is 268 Å². The molecule has 0 atom stereocenters. The van der Waals surface area contributed by atoms with Crippen LogP contribution in [0.15, 0.2) is 91.1 Å². The normalized spacial score (nSPS) is 12.6.